The summed E-state index contributed by atoms with van der Waals surface area (Å²) in [7, 11) is -4.42. The maximum atomic E-state index is 13.6. The summed E-state index contributed by atoms with van der Waals surface area (Å²) in [6.07, 6.45) is -2.39. The number of aromatic nitrogens is 5. The van der Waals surface area contributed by atoms with E-state index in [1.165, 1.54) is 0 Å². The highest BCUT2D eigenvalue weighted by Crippen LogP contribution is 2.35. The third-order valence-corrected chi connectivity index (χ3v) is 5.16. The van der Waals surface area contributed by atoms with E-state index < -0.39 is 55.5 Å². The van der Waals surface area contributed by atoms with Crippen LogP contribution in [0.4, 0.5) is 13.2 Å². The van der Waals surface area contributed by atoms with Gasteiger partial charge in [0.15, 0.2) is 0 Å². The van der Waals surface area contributed by atoms with E-state index in [0.717, 1.165) is 23.3 Å². The van der Waals surface area contributed by atoms with E-state index in [4.69, 9.17) is 0 Å². The second-order valence-corrected chi connectivity index (χ2v) is 8.29. The molecule has 2 aromatic heterocycles. The number of carbonyl (C=O) groups is 1. The molecule has 0 saturated heterocycles. The Morgan fingerprint density at radius 2 is 1.81 bits per heavy atom. The fraction of sp³-hybridized carbons (Fsp3) is 0.312. The summed E-state index contributed by atoms with van der Waals surface area (Å²) in [4.78, 5) is 39.8. The van der Waals surface area contributed by atoms with Crippen LogP contribution in [-0.4, -0.2) is 45.0 Å². The largest absolute Gasteiger partial charge is 0.418 e. The van der Waals surface area contributed by atoms with Crippen molar-refractivity contribution >= 4 is 26.8 Å². The molecule has 15 heteroatoms. The van der Waals surface area contributed by atoms with Crippen molar-refractivity contribution in [2.45, 2.75) is 25.9 Å². The van der Waals surface area contributed by atoms with Crippen LogP contribution in [0, 0.1) is 0 Å². The Balaban J connectivity index is 2.42. The van der Waals surface area contributed by atoms with E-state index in [0.29, 0.717) is 12.3 Å². The number of benzene rings is 1. The van der Waals surface area contributed by atoms with Gasteiger partial charge in [-0.2, -0.15) is 13.2 Å². The first kappa shape index (κ1) is 22.2. The molecule has 0 saturated carbocycles. The Labute approximate surface area is 171 Å². The lowest BCUT2D eigenvalue weighted by molar-refractivity contribution is -0.137. The number of H-pyrrole nitrogens is 1. The summed E-state index contributed by atoms with van der Waals surface area (Å²) in [5, 5.41) is 6.40. The van der Waals surface area contributed by atoms with E-state index in [-0.39, 0.29) is 21.9 Å². The highest BCUT2D eigenvalue weighted by atomic mass is 32.2. The molecule has 0 radical (unpaired) electrons. The Morgan fingerprint density at radius 1 is 1.19 bits per heavy atom. The lowest BCUT2D eigenvalue weighted by Crippen LogP contribution is -2.55. The number of nitrogens with zero attached hydrogens (tertiary/aromatic N) is 5. The fourth-order valence-corrected chi connectivity index (χ4v) is 3.83. The maximum absolute atomic E-state index is 13.6. The number of amides is 1. The van der Waals surface area contributed by atoms with Crippen LogP contribution in [0.5, 0.6) is 0 Å². The van der Waals surface area contributed by atoms with E-state index in [1.54, 1.807) is 6.92 Å². The van der Waals surface area contributed by atoms with Crippen LogP contribution in [0.1, 0.15) is 25.3 Å². The Kier molecular flexibility index (Phi) is 5.47. The Hall–Kier alpha value is -3.49. The summed E-state index contributed by atoms with van der Waals surface area (Å²) in [6, 6.07) is 1.34. The van der Waals surface area contributed by atoms with E-state index in [1.807, 2.05) is 4.98 Å². The van der Waals surface area contributed by atoms with Crippen LogP contribution in [-0.2, 0) is 21.0 Å². The molecule has 0 aliphatic rings. The van der Waals surface area contributed by atoms with E-state index in [2.05, 4.69) is 10.2 Å². The standard InChI is InChI=1S/C16H15F3N6O5S/c1-3-4-13(26)25(31(2,29)30)24-14(27)9-5-12(23-7-20-21-8-23)10(16(17,18)19)6-11(9)22-15(24)28/h5-8H,3-4H2,1-2H3,(H,22,28). The van der Waals surface area contributed by atoms with E-state index >= 15 is 0 Å². The number of hydrogen-bond donors (Lipinski definition) is 1. The number of halogens is 3. The highest BCUT2D eigenvalue weighted by Gasteiger charge is 2.36. The zero-order valence-corrected chi connectivity index (χ0v) is 16.9. The van der Waals surface area contributed by atoms with Crippen LogP contribution >= 0.6 is 0 Å². The van der Waals surface area contributed by atoms with Gasteiger partial charge in [0.05, 0.1) is 28.4 Å². The number of nitrogens with one attached hydrogen (secondary N) is 1. The number of aromatic amines is 1. The number of carbonyl (C=O) groups excluding carboxylic acids is 1. The minimum atomic E-state index is -4.87. The molecular weight excluding hydrogens is 445 g/mol. The average molecular weight is 460 g/mol. The van der Waals surface area contributed by atoms with Gasteiger partial charge in [-0.15, -0.1) is 19.3 Å². The molecule has 3 aromatic rings. The predicted octanol–water partition coefficient (Wildman–Crippen LogP) is 0.514. The molecule has 1 aromatic carbocycles. The molecule has 166 valence electrons. The first-order valence-electron chi connectivity index (χ1n) is 8.65. The zero-order valence-electron chi connectivity index (χ0n) is 16.0. The second-order valence-electron chi connectivity index (χ2n) is 6.48. The molecule has 0 atom stereocenters. The molecule has 0 fully saturated rings. The van der Waals surface area contributed by atoms with Crippen LogP contribution in [0.3, 0.4) is 0 Å². The lowest BCUT2D eigenvalue weighted by atomic mass is 10.1. The number of hydrogen-bond acceptors (Lipinski definition) is 7. The van der Waals surface area contributed by atoms with Crippen LogP contribution < -0.4 is 15.7 Å². The third-order valence-electron chi connectivity index (χ3n) is 4.17. The van der Waals surface area contributed by atoms with Crippen molar-refractivity contribution < 1.29 is 26.4 Å². The van der Waals surface area contributed by atoms with Gasteiger partial charge >= 0.3 is 11.9 Å². The highest BCUT2D eigenvalue weighted by molar-refractivity contribution is 7.92. The molecule has 3 rings (SSSR count). The van der Waals surface area contributed by atoms with Crippen molar-refractivity contribution in [1.82, 2.24) is 24.4 Å². The quantitative estimate of drug-likeness (QED) is 0.585. The van der Waals surface area contributed by atoms with Crippen molar-refractivity contribution in [2.24, 2.45) is 0 Å². The summed E-state index contributed by atoms with van der Waals surface area (Å²) >= 11 is 0. The van der Waals surface area contributed by atoms with E-state index in [9.17, 15) is 36.0 Å². The molecule has 1 N–H and O–H groups in total. The normalized spacial score (nSPS) is 12.3. The fourth-order valence-electron chi connectivity index (χ4n) is 2.93. The summed E-state index contributed by atoms with van der Waals surface area (Å²) in [5.74, 6) is -1.05. The topological polar surface area (TPSA) is 140 Å². The maximum Gasteiger partial charge on any atom is 0.418 e. The van der Waals surface area contributed by atoms with Crippen LogP contribution in [0.25, 0.3) is 16.6 Å². The lowest BCUT2D eigenvalue weighted by Gasteiger charge is -2.21. The molecular formula is C16H15F3N6O5S. The van der Waals surface area contributed by atoms with Gasteiger partial charge < -0.3 is 4.98 Å². The first-order chi connectivity index (χ1) is 14.4. The zero-order chi connectivity index (χ0) is 23.1. The van der Waals surface area contributed by atoms with Crippen LogP contribution in [0.15, 0.2) is 34.4 Å². The molecule has 0 spiro atoms. The smallest absolute Gasteiger partial charge is 0.305 e. The molecule has 1 amide bonds. The van der Waals surface area contributed by atoms with Crippen molar-refractivity contribution in [3.05, 3.63) is 51.2 Å². The van der Waals surface area contributed by atoms with Gasteiger partial charge in [0.1, 0.15) is 12.7 Å². The average Bonchev–Trinajstić information content (AvgIpc) is 3.17. The van der Waals surface area contributed by atoms with Gasteiger partial charge in [-0.05, 0) is 18.6 Å². The van der Waals surface area contributed by atoms with Gasteiger partial charge in [-0.1, -0.05) is 6.92 Å². The minimum absolute atomic E-state index is 0.00716. The first-order valence-corrected chi connectivity index (χ1v) is 10.5. The summed E-state index contributed by atoms with van der Waals surface area (Å²) < 4.78 is 65.9. The predicted molar refractivity (Wildman–Crippen MR) is 102 cm³/mol. The minimum Gasteiger partial charge on any atom is -0.305 e. The molecule has 31 heavy (non-hydrogen) atoms. The number of rotatable bonds is 5. The number of fused-ring (bicyclic) bond motifs is 1. The molecule has 2 heterocycles. The van der Waals surface area contributed by atoms with Crippen molar-refractivity contribution in [1.29, 1.82) is 0 Å². The molecule has 0 unspecified atom stereocenters. The van der Waals surface area contributed by atoms with Crippen molar-refractivity contribution in [2.75, 3.05) is 10.7 Å². The van der Waals surface area contributed by atoms with Crippen LogP contribution in [0.2, 0.25) is 0 Å². The van der Waals surface area contributed by atoms with Gasteiger partial charge in [0, 0.05) is 6.42 Å². The van der Waals surface area contributed by atoms with Gasteiger partial charge in [0.25, 0.3) is 21.5 Å². The molecule has 0 aliphatic carbocycles. The van der Waals surface area contributed by atoms with Gasteiger partial charge in [-0.3, -0.25) is 14.2 Å². The Bertz CT molecular complexity index is 1380. The Morgan fingerprint density at radius 3 is 2.32 bits per heavy atom. The summed E-state index contributed by atoms with van der Waals surface area (Å²) in [6.45, 7) is 1.58. The van der Waals surface area contributed by atoms with Gasteiger partial charge in [-0.25, -0.2) is 13.2 Å². The SMILES string of the molecule is CCCC(=O)N(n1c(=O)[nH]c2cc(C(F)(F)F)c(-n3cnnc3)cc2c1=O)S(C)(=O)=O. The number of sulfonamides is 1. The second kappa shape index (κ2) is 7.64. The van der Waals surface area contributed by atoms with Gasteiger partial charge in [0.2, 0.25) is 0 Å². The van der Waals surface area contributed by atoms with Crippen molar-refractivity contribution in [3.8, 4) is 5.69 Å². The van der Waals surface area contributed by atoms with Crippen molar-refractivity contribution in [3.63, 3.8) is 0 Å². The molecule has 0 bridgehead atoms. The monoisotopic (exact) mass is 460 g/mol. The molecule has 0 aliphatic heterocycles. The number of alkyl halides is 3. The molecule has 11 nitrogen and oxygen atoms in total. The third kappa shape index (κ3) is 4.08. The summed E-state index contributed by atoms with van der Waals surface area (Å²) in [5.41, 5.74) is -4.91.